The zero-order chi connectivity index (χ0) is 22.6. The van der Waals surface area contributed by atoms with Gasteiger partial charge in [-0.25, -0.2) is 0 Å². The van der Waals surface area contributed by atoms with Gasteiger partial charge in [-0.05, 0) is 116 Å². The van der Waals surface area contributed by atoms with Gasteiger partial charge in [-0.3, -0.25) is 0 Å². The quantitative estimate of drug-likeness (QED) is 0.421. The summed E-state index contributed by atoms with van der Waals surface area (Å²) in [5.41, 5.74) is 3.08. The van der Waals surface area contributed by atoms with Gasteiger partial charge in [-0.2, -0.15) is 0 Å². The van der Waals surface area contributed by atoms with Crippen LogP contribution in [0.2, 0.25) is 0 Å². The lowest BCUT2D eigenvalue weighted by atomic mass is 9.47. The number of fused-ring (bicyclic) bond motifs is 5. The topological polar surface area (TPSA) is 20.2 Å². The van der Waals surface area contributed by atoms with Crippen LogP contribution in [0.25, 0.3) is 0 Å². The molecule has 4 rings (SSSR count). The van der Waals surface area contributed by atoms with Crippen LogP contribution in [0.3, 0.4) is 0 Å². The fourth-order valence-corrected chi connectivity index (χ4v) is 9.25. The Morgan fingerprint density at radius 3 is 2.48 bits per heavy atom. The number of aliphatic hydroxyl groups excluding tert-OH is 1. The lowest BCUT2D eigenvalue weighted by Gasteiger charge is -2.58. The van der Waals surface area contributed by atoms with E-state index in [2.05, 4.69) is 54.5 Å². The lowest BCUT2D eigenvalue weighted by molar-refractivity contribution is -0.0579. The Hall–Kier alpha value is -0.300. The molecule has 4 aliphatic rings. The Bertz CT molecular complexity index is 678. The first-order chi connectivity index (χ1) is 14.5. The molecule has 4 aliphatic carbocycles. The van der Waals surface area contributed by atoms with Crippen LogP contribution in [0.4, 0.5) is 0 Å². The van der Waals surface area contributed by atoms with Crippen molar-refractivity contribution in [1.82, 2.24) is 0 Å². The van der Waals surface area contributed by atoms with E-state index in [9.17, 15) is 5.11 Å². The van der Waals surface area contributed by atoms with E-state index in [-0.39, 0.29) is 6.10 Å². The molecule has 31 heavy (non-hydrogen) atoms. The third-order valence-corrected chi connectivity index (χ3v) is 12.2. The van der Waals surface area contributed by atoms with E-state index in [0.29, 0.717) is 16.2 Å². The summed E-state index contributed by atoms with van der Waals surface area (Å²) in [5.74, 6) is 5.28. The molecule has 1 N–H and O–H groups in total. The van der Waals surface area contributed by atoms with Gasteiger partial charge in [0.15, 0.2) is 0 Å². The monoisotopic (exact) mass is 428 g/mol. The number of hydrogen-bond acceptors (Lipinski definition) is 1. The van der Waals surface area contributed by atoms with Crippen molar-refractivity contribution < 1.29 is 5.11 Å². The summed E-state index contributed by atoms with van der Waals surface area (Å²) in [6.07, 6.45) is 17.0. The van der Waals surface area contributed by atoms with Gasteiger partial charge in [-0.1, -0.05) is 66.5 Å². The van der Waals surface area contributed by atoms with Crippen LogP contribution < -0.4 is 0 Å². The number of hydrogen-bond donors (Lipinski definition) is 1. The summed E-state index contributed by atoms with van der Waals surface area (Å²) < 4.78 is 0. The SMILES string of the molecule is CC[C@](C)(CC[C@@H](C)[C@H]1CC[C@H]2[C@@H]3CC=C4C[C@@H](O)CC[C@]4(C)[C@H]3CC[C@]12C)C(C)C. The molecule has 0 bridgehead atoms. The van der Waals surface area contributed by atoms with Crippen LogP contribution >= 0.6 is 0 Å². The minimum Gasteiger partial charge on any atom is -0.393 e. The second kappa shape index (κ2) is 8.48. The molecule has 1 nitrogen and oxygen atoms in total. The Morgan fingerprint density at radius 2 is 1.81 bits per heavy atom. The van der Waals surface area contributed by atoms with Crippen molar-refractivity contribution in [2.75, 3.05) is 0 Å². The van der Waals surface area contributed by atoms with Crippen molar-refractivity contribution in [1.29, 1.82) is 0 Å². The van der Waals surface area contributed by atoms with Gasteiger partial charge in [0.2, 0.25) is 0 Å². The Labute approximate surface area is 193 Å². The first-order valence-electron chi connectivity index (χ1n) is 13.9. The first kappa shape index (κ1) is 23.8. The predicted molar refractivity (Wildman–Crippen MR) is 133 cm³/mol. The predicted octanol–water partition coefficient (Wildman–Crippen LogP) is 8.41. The zero-order valence-corrected chi connectivity index (χ0v) is 21.8. The average molecular weight is 429 g/mol. The molecule has 0 spiro atoms. The molecule has 0 heterocycles. The molecule has 178 valence electrons. The summed E-state index contributed by atoms with van der Waals surface area (Å²) in [7, 11) is 0. The number of rotatable bonds is 6. The van der Waals surface area contributed by atoms with E-state index in [1.807, 2.05) is 0 Å². The van der Waals surface area contributed by atoms with Crippen molar-refractivity contribution in [3.05, 3.63) is 11.6 Å². The molecule has 9 atom stereocenters. The van der Waals surface area contributed by atoms with Crippen molar-refractivity contribution in [3.8, 4) is 0 Å². The molecule has 0 amide bonds. The maximum absolute atomic E-state index is 10.3. The summed E-state index contributed by atoms with van der Waals surface area (Å²) in [6.45, 7) is 17.7. The van der Waals surface area contributed by atoms with Crippen LogP contribution in [0.5, 0.6) is 0 Å². The molecule has 3 fully saturated rings. The second-order valence-electron chi connectivity index (χ2n) is 13.6. The standard InChI is InChI=1S/C30H52O/c1-8-28(5,20(2)3)16-13-21(4)25-11-12-26-24-10-9-22-19-23(31)14-17-29(22,6)27(24)15-18-30(25,26)7/h9,20-21,23-27,31H,8,10-19H2,1-7H3/t21-,23+,24+,25-,26+,27+,28-,29+,30-/m1/s1. The fraction of sp³-hybridized carbons (Fsp3) is 0.933. The Morgan fingerprint density at radius 1 is 1.06 bits per heavy atom. The van der Waals surface area contributed by atoms with Gasteiger partial charge in [0, 0.05) is 0 Å². The van der Waals surface area contributed by atoms with Crippen LogP contribution in [0, 0.1) is 51.8 Å². The van der Waals surface area contributed by atoms with E-state index in [1.165, 1.54) is 57.8 Å². The van der Waals surface area contributed by atoms with Crippen molar-refractivity contribution in [2.45, 2.75) is 125 Å². The third-order valence-electron chi connectivity index (χ3n) is 12.2. The lowest BCUT2D eigenvalue weighted by Crippen LogP contribution is -2.50. The van der Waals surface area contributed by atoms with Gasteiger partial charge in [-0.15, -0.1) is 0 Å². The van der Waals surface area contributed by atoms with E-state index in [0.717, 1.165) is 48.3 Å². The van der Waals surface area contributed by atoms with Crippen molar-refractivity contribution >= 4 is 0 Å². The summed E-state index contributed by atoms with van der Waals surface area (Å²) in [6, 6.07) is 0. The minimum absolute atomic E-state index is 0.0823. The van der Waals surface area contributed by atoms with E-state index < -0.39 is 0 Å². The maximum atomic E-state index is 10.3. The largest absolute Gasteiger partial charge is 0.393 e. The molecule has 3 saturated carbocycles. The molecule has 0 aliphatic heterocycles. The van der Waals surface area contributed by atoms with Gasteiger partial charge in [0.25, 0.3) is 0 Å². The Kier molecular flexibility index (Phi) is 6.53. The van der Waals surface area contributed by atoms with Crippen LogP contribution in [-0.2, 0) is 0 Å². The molecule has 0 saturated heterocycles. The van der Waals surface area contributed by atoms with E-state index in [4.69, 9.17) is 0 Å². The molecule has 0 radical (unpaired) electrons. The first-order valence-corrected chi connectivity index (χ1v) is 13.9. The van der Waals surface area contributed by atoms with Crippen LogP contribution in [0.1, 0.15) is 119 Å². The molecule has 0 unspecified atom stereocenters. The highest BCUT2D eigenvalue weighted by Gasteiger charge is 2.59. The second-order valence-corrected chi connectivity index (χ2v) is 13.6. The average Bonchev–Trinajstić information content (AvgIpc) is 3.09. The molecule has 0 aromatic carbocycles. The molecule has 0 aromatic heterocycles. The van der Waals surface area contributed by atoms with E-state index in [1.54, 1.807) is 5.57 Å². The third kappa shape index (κ3) is 3.87. The summed E-state index contributed by atoms with van der Waals surface area (Å²) >= 11 is 0. The number of allylic oxidation sites excluding steroid dienone is 1. The van der Waals surface area contributed by atoms with E-state index >= 15 is 0 Å². The number of aliphatic hydroxyl groups is 1. The molecule has 1 heteroatoms. The summed E-state index contributed by atoms with van der Waals surface area (Å²) in [5, 5.41) is 10.3. The zero-order valence-electron chi connectivity index (χ0n) is 21.8. The minimum atomic E-state index is -0.0823. The highest BCUT2D eigenvalue weighted by molar-refractivity contribution is 5.25. The Balaban J connectivity index is 1.48. The van der Waals surface area contributed by atoms with Gasteiger partial charge in [0.05, 0.1) is 6.10 Å². The highest BCUT2D eigenvalue weighted by atomic mass is 16.3. The highest BCUT2D eigenvalue weighted by Crippen LogP contribution is 2.67. The summed E-state index contributed by atoms with van der Waals surface area (Å²) in [4.78, 5) is 0. The van der Waals surface area contributed by atoms with Crippen molar-refractivity contribution in [2.24, 2.45) is 51.8 Å². The van der Waals surface area contributed by atoms with Crippen molar-refractivity contribution in [3.63, 3.8) is 0 Å². The van der Waals surface area contributed by atoms with Crippen LogP contribution in [0.15, 0.2) is 11.6 Å². The molecular formula is C30H52O. The van der Waals surface area contributed by atoms with Gasteiger partial charge < -0.3 is 5.11 Å². The smallest absolute Gasteiger partial charge is 0.0577 e. The molecular weight excluding hydrogens is 376 g/mol. The van der Waals surface area contributed by atoms with Crippen LogP contribution in [-0.4, -0.2) is 11.2 Å². The van der Waals surface area contributed by atoms with Gasteiger partial charge in [0.1, 0.15) is 0 Å². The van der Waals surface area contributed by atoms with Gasteiger partial charge >= 0.3 is 0 Å². The molecule has 0 aromatic rings. The fourth-order valence-electron chi connectivity index (χ4n) is 9.25. The normalized spacial score (nSPS) is 45.3. The maximum Gasteiger partial charge on any atom is 0.0577 e.